The van der Waals surface area contributed by atoms with Gasteiger partial charge in [0.15, 0.2) is 5.82 Å². The van der Waals surface area contributed by atoms with Crippen molar-refractivity contribution in [2.45, 2.75) is 44.1 Å². The molecule has 1 aliphatic rings. The number of hydrogen-bond donors (Lipinski definition) is 1. The highest BCUT2D eigenvalue weighted by Crippen LogP contribution is 2.31. The van der Waals surface area contributed by atoms with Crippen LogP contribution in [-0.2, 0) is 11.2 Å². The van der Waals surface area contributed by atoms with Gasteiger partial charge in [0.25, 0.3) is 0 Å². The van der Waals surface area contributed by atoms with Crippen LogP contribution in [0.1, 0.15) is 43.2 Å². The van der Waals surface area contributed by atoms with Crippen LogP contribution < -0.4 is 4.74 Å². The molecule has 6 heteroatoms. The van der Waals surface area contributed by atoms with E-state index in [1.807, 2.05) is 53.4 Å². The van der Waals surface area contributed by atoms with Crippen molar-refractivity contribution >= 4 is 5.91 Å². The number of carbonyl (C=O) groups excluding carboxylic acids is 1. The number of piperidine rings is 1. The molecule has 1 saturated heterocycles. The monoisotopic (exact) mass is 445 g/mol. The topological polar surface area (TPSA) is 75.6 Å². The van der Waals surface area contributed by atoms with Crippen LogP contribution in [0.15, 0.2) is 66.9 Å². The Morgan fingerprint density at radius 1 is 1.09 bits per heavy atom. The Hall–Kier alpha value is -3.25. The summed E-state index contributed by atoms with van der Waals surface area (Å²) in [5.74, 6) is 1.38. The van der Waals surface area contributed by atoms with Gasteiger partial charge in [-0.25, -0.2) is 4.98 Å². The van der Waals surface area contributed by atoms with E-state index in [0.29, 0.717) is 50.5 Å². The molecule has 1 amide bonds. The third kappa shape index (κ3) is 5.57. The molecule has 1 aromatic heterocycles. The highest BCUT2D eigenvalue weighted by molar-refractivity contribution is 5.77. The van der Waals surface area contributed by atoms with E-state index < -0.39 is 5.60 Å². The van der Waals surface area contributed by atoms with Crippen LogP contribution in [0.3, 0.4) is 0 Å². The summed E-state index contributed by atoms with van der Waals surface area (Å²) >= 11 is 0. The van der Waals surface area contributed by atoms with Gasteiger partial charge in [0.2, 0.25) is 11.8 Å². The van der Waals surface area contributed by atoms with Crippen LogP contribution >= 0.6 is 0 Å². The van der Waals surface area contributed by atoms with Crippen LogP contribution in [0.5, 0.6) is 5.88 Å². The summed E-state index contributed by atoms with van der Waals surface area (Å²) in [6.07, 6.45) is 3.65. The predicted molar refractivity (Wildman–Crippen MR) is 128 cm³/mol. The Kier molecular flexibility index (Phi) is 7.04. The Morgan fingerprint density at radius 3 is 2.36 bits per heavy atom. The van der Waals surface area contributed by atoms with Gasteiger partial charge in [-0.15, -0.1) is 0 Å². The van der Waals surface area contributed by atoms with Crippen LogP contribution in [0.25, 0.3) is 11.4 Å². The van der Waals surface area contributed by atoms with E-state index in [-0.39, 0.29) is 11.8 Å². The van der Waals surface area contributed by atoms with Crippen molar-refractivity contribution in [3.05, 3.63) is 78.0 Å². The number of rotatable bonds is 7. The largest absolute Gasteiger partial charge is 0.481 e. The third-order valence-electron chi connectivity index (χ3n) is 6.47. The molecule has 1 N–H and O–H groups in total. The van der Waals surface area contributed by atoms with Gasteiger partial charge in [0, 0.05) is 43.3 Å². The molecule has 0 radical (unpaired) electrons. The zero-order valence-corrected chi connectivity index (χ0v) is 19.3. The molecule has 172 valence electrons. The van der Waals surface area contributed by atoms with E-state index in [0.717, 1.165) is 11.1 Å². The van der Waals surface area contributed by atoms with E-state index >= 15 is 0 Å². The first kappa shape index (κ1) is 22.9. The van der Waals surface area contributed by atoms with Gasteiger partial charge in [-0.1, -0.05) is 67.6 Å². The molecule has 0 aliphatic carbocycles. The molecular weight excluding hydrogens is 414 g/mol. The second kappa shape index (κ2) is 10.1. The third-order valence-corrected chi connectivity index (χ3v) is 6.47. The van der Waals surface area contributed by atoms with Crippen LogP contribution in [0.2, 0.25) is 0 Å². The van der Waals surface area contributed by atoms with E-state index in [9.17, 15) is 9.90 Å². The number of hydrogen-bond acceptors (Lipinski definition) is 5. The van der Waals surface area contributed by atoms with Gasteiger partial charge in [-0.2, -0.15) is 4.98 Å². The maximum Gasteiger partial charge on any atom is 0.223 e. The molecule has 2 heterocycles. The van der Waals surface area contributed by atoms with Gasteiger partial charge in [0.1, 0.15) is 0 Å². The summed E-state index contributed by atoms with van der Waals surface area (Å²) in [5, 5.41) is 11.2. The van der Waals surface area contributed by atoms with E-state index in [4.69, 9.17) is 4.74 Å². The molecule has 1 unspecified atom stereocenters. The number of aromatic nitrogens is 2. The number of benzene rings is 2. The molecule has 1 atom stereocenters. The maximum atomic E-state index is 12.8. The summed E-state index contributed by atoms with van der Waals surface area (Å²) in [7, 11) is 1.58. The number of amides is 1. The Labute approximate surface area is 195 Å². The SMILES string of the molecule is COc1nc(-c2ccccc2)ncc1CC1(O)CCN(C(=O)CC(C)c2ccccc2)CC1. The molecular formula is C27H31N3O3. The number of likely N-dealkylation sites (tertiary alicyclic amines) is 1. The minimum atomic E-state index is -0.910. The number of carbonyl (C=O) groups is 1. The number of nitrogens with zero attached hydrogens (tertiary/aromatic N) is 3. The average Bonchev–Trinajstić information content (AvgIpc) is 2.85. The highest BCUT2D eigenvalue weighted by atomic mass is 16.5. The van der Waals surface area contributed by atoms with Crippen molar-refractivity contribution < 1.29 is 14.6 Å². The second-order valence-electron chi connectivity index (χ2n) is 8.89. The van der Waals surface area contributed by atoms with Crippen molar-refractivity contribution in [3.8, 4) is 17.3 Å². The lowest BCUT2D eigenvalue weighted by Gasteiger charge is -2.38. The summed E-state index contributed by atoms with van der Waals surface area (Å²) in [6, 6.07) is 19.8. The summed E-state index contributed by atoms with van der Waals surface area (Å²) in [4.78, 5) is 23.7. The van der Waals surface area contributed by atoms with Crippen LogP contribution in [0.4, 0.5) is 0 Å². The van der Waals surface area contributed by atoms with Crippen molar-refractivity contribution in [2.75, 3.05) is 20.2 Å². The molecule has 4 rings (SSSR count). The standard InChI is InChI=1S/C27H31N3O3/c1-20(21-9-5-3-6-10-21)17-24(31)30-15-13-27(32,14-16-30)18-23-19-28-25(29-26(23)33-2)22-11-7-4-8-12-22/h3-12,19-20,32H,13-18H2,1-2H3. The maximum absolute atomic E-state index is 12.8. The summed E-state index contributed by atoms with van der Waals surface area (Å²) < 4.78 is 5.51. The van der Waals surface area contributed by atoms with Gasteiger partial charge in [-0.3, -0.25) is 4.79 Å². The Morgan fingerprint density at radius 2 is 1.73 bits per heavy atom. The molecule has 3 aromatic rings. The Bertz CT molecular complexity index is 1060. The highest BCUT2D eigenvalue weighted by Gasteiger charge is 2.35. The molecule has 33 heavy (non-hydrogen) atoms. The van der Waals surface area contributed by atoms with Gasteiger partial charge < -0.3 is 14.7 Å². The van der Waals surface area contributed by atoms with Crippen molar-refractivity contribution in [1.82, 2.24) is 14.9 Å². The smallest absolute Gasteiger partial charge is 0.223 e. The molecule has 0 bridgehead atoms. The predicted octanol–water partition coefficient (Wildman–Crippen LogP) is 4.24. The first-order valence-electron chi connectivity index (χ1n) is 11.5. The van der Waals surface area contributed by atoms with Crippen LogP contribution in [-0.4, -0.2) is 51.7 Å². The fourth-order valence-corrected chi connectivity index (χ4v) is 4.41. The van der Waals surface area contributed by atoms with Gasteiger partial charge in [0.05, 0.1) is 12.7 Å². The minimum Gasteiger partial charge on any atom is -0.481 e. The number of methoxy groups -OCH3 is 1. The zero-order valence-electron chi connectivity index (χ0n) is 19.3. The molecule has 0 spiro atoms. The average molecular weight is 446 g/mol. The fraction of sp³-hybridized carbons (Fsp3) is 0.370. The summed E-state index contributed by atoms with van der Waals surface area (Å²) in [6.45, 7) is 3.17. The first-order valence-corrected chi connectivity index (χ1v) is 11.5. The Balaban J connectivity index is 1.37. The second-order valence-corrected chi connectivity index (χ2v) is 8.89. The molecule has 0 saturated carbocycles. The molecule has 6 nitrogen and oxygen atoms in total. The van der Waals surface area contributed by atoms with E-state index in [1.54, 1.807) is 13.3 Å². The van der Waals surface area contributed by atoms with E-state index in [2.05, 4.69) is 29.0 Å². The van der Waals surface area contributed by atoms with Crippen molar-refractivity contribution in [2.24, 2.45) is 0 Å². The quantitative estimate of drug-likeness (QED) is 0.589. The van der Waals surface area contributed by atoms with Gasteiger partial charge in [-0.05, 0) is 24.3 Å². The van der Waals surface area contributed by atoms with Crippen LogP contribution in [0, 0.1) is 0 Å². The lowest BCUT2D eigenvalue weighted by molar-refractivity contribution is -0.135. The number of ether oxygens (including phenoxy) is 1. The van der Waals surface area contributed by atoms with Crippen molar-refractivity contribution in [1.29, 1.82) is 0 Å². The first-order chi connectivity index (χ1) is 16.0. The minimum absolute atomic E-state index is 0.140. The van der Waals surface area contributed by atoms with Gasteiger partial charge >= 0.3 is 0 Å². The lowest BCUT2D eigenvalue weighted by Crippen LogP contribution is -2.48. The lowest BCUT2D eigenvalue weighted by atomic mass is 9.85. The normalized spacial score (nSPS) is 16.3. The zero-order chi connectivity index (χ0) is 23.3. The number of aliphatic hydroxyl groups is 1. The summed E-state index contributed by atoms with van der Waals surface area (Å²) in [5.41, 5.74) is 1.95. The van der Waals surface area contributed by atoms with E-state index in [1.165, 1.54) is 5.56 Å². The molecule has 1 aliphatic heterocycles. The molecule has 2 aromatic carbocycles. The molecule has 1 fully saturated rings. The fourth-order valence-electron chi connectivity index (χ4n) is 4.41. The van der Waals surface area contributed by atoms with Crippen molar-refractivity contribution in [3.63, 3.8) is 0 Å².